The summed E-state index contributed by atoms with van der Waals surface area (Å²) in [5.41, 5.74) is 3.51. The van der Waals surface area contributed by atoms with E-state index in [1.54, 1.807) is 0 Å². The van der Waals surface area contributed by atoms with Crippen molar-refractivity contribution in [3.8, 4) is 5.75 Å². The SMILES string of the molecule is Cc1cc2c(c(C)c1Cl)C(=O)CC1(CCN(C(=O)c3ccc(N(C)C)cc3)CC1)O2. The number of nitrogens with zero attached hydrogens (tertiary/aromatic N) is 2. The van der Waals surface area contributed by atoms with Gasteiger partial charge in [-0.05, 0) is 55.3 Å². The highest BCUT2D eigenvalue weighted by Crippen LogP contribution is 2.43. The number of fused-ring (bicyclic) bond motifs is 1. The molecule has 0 aromatic heterocycles. The van der Waals surface area contributed by atoms with Gasteiger partial charge in [0.2, 0.25) is 0 Å². The number of piperidine rings is 1. The third kappa shape index (κ3) is 3.56. The van der Waals surface area contributed by atoms with E-state index in [1.165, 1.54) is 0 Å². The van der Waals surface area contributed by atoms with E-state index >= 15 is 0 Å². The molecule has 0 N–H and O–H groups in total. The monoisotopic (exact) mass is 426 g/mol. The van der Waals surface area contributed by atoms with E-state index in [-0.39, 0.29) is 11.7 Å². The predicted molar refractivity (Wildman–Crippen MR) is 119 cm³/mol. The first-order valence-corrected chi connectivity index (χ1v) is 10.7. The van der Waals surface area contributed by atoms with Gasteiger partial charge < -0.3 is 14.5 Å². The molecule has 1 fully saturated rings. The number of aryl methyl sites for hydroxylation is 1. The van der Waals surface area contributed by atoms with E-state index in [2.05, 4.69) is 0 Å². The topological polar surface area (TPSA) is 49.9 Å². The Kier molecular flexibility index (Phi) is 5.27. The predicted octanol–water partition coefficient (Wildman–Crippen LogP) is 4.66. The van der Waals surface area contributed by atoms with Crippen LogP contribution in [0.15, 0.2) is 30.3 Å². The number of amides is 1. The second kappa shape index (κ2) is 7.62. The highest BCUT2D eigenvalue weighted by molar-refractivity contribution is 6.32. The minimum atomic E-state index is -0.539. The van der Waals surface area contributed by atoms with Crippen LogP contribution in [0.4, 0.5) is 5.69 Å². The summed E-state index contributed by atoms with van der Waals surface area (Å²) in [5, 5.41) is 0.627. The van der Waals surface area contributed by atoms with Gasteiger partial charge in [0.15, 0.2) is 5.78 Å². The van der Waals surface area contributed by atoms with E-state index in [0.717, 1.165) is 16.8 Å². The molecule has 2 heterocycles. The zero-order valence-electron chi connectivity index (χ0n) is 17.9. The van der Waals surface area contributed by atoms with Crippen LogP contribution in [-0.2, 0) is 0 Å². The number of benzene rings is 2. The van der Waals surface area contributed by atoms with Crippen LogP contribution in [0.25, 0.3) is 0 Å². The Balaban J connectivity index is 1.49. The van der Waals surface area contributed by atoms with E-state index in [1.807, 2.05) is 68.1 Å². The quantitative estimate of drug-likeness (QED) is 0.700. The molecule has 0 unspecified atom stereocenters. The molecule has 0 bridgehead atoms. The lowest BCUT2D eigenvalue weighted by Crippen LogP contribution is -2.52. The number of anilines is 1. The molecular weight excluding hydrogens is 400 g/mol. The van der Waals surface area contributed by atoms with Crippen molar-refractivity contribution in [3.05, 3.63) is 57.6 Å². The lowest BCUT2D eigenvalue weighted by atomic mass is 9.81. The summed E-state index contributed by atoms with van der Waals surface area (Å²) in [6, 6.07) is 9.51. The van der Waals surface area contributed by atoms with Gasteiger partial charge in [-0.2, -0.15) is 0 Å². The number of carbonyl (C=O) groups is 2. The molecule has 0 radical (unpaired) electrons. The first-order valence-electron chi connectivity index (χ1n) is 10.3. The third-order valence-electron chi connectivity index (χ3n) is 6.33. The Labute approximate surface area is 182 Å². The summed E-state index contributed by atoms with van der Waals surface area (Å²) >= 11 is 6.34. The summed E-state index contributed by atoms with van der Waals surface area (Å²) in [6.07, 6.45) is 1.61. The van der Waals surface area contributed by atoms with Crippen molar-refractivity contribution in [1.82, 2.24) is 4.90 Å². The van der Waals surface area contributed by atoms with Crippen LogP contribution in [-0.4, -0.2) is 49.4 Å². The summed E-state index contributed by atoms with van der Waals surface area (Å²) in [5.74, 6) is 0.732. The average Bonchev–Trinajstić information content (AvgIpc) is 2.72. The first kappa shape index (κ1) is 20.7. The van der Waals surface area contributed by atoms with Gasteiger partial charge in [-0.1, -0.05) is 11.6 Å². The summed E-state index contributed by atoms with van der Waals surface area (Å²) < 4.78 is 6.40. The van der Waals surface area contributed by atoms with Crippen molar-refractivity contribution in [3.63, 3.8) is 0 Å². The van der Waals surface area contributed by atoms with Crippen molar-refractivity contribution in [2.24, 2.45) is 0 Å². The van der Waals surface area contributed by atoms with Gasteiger partial charge in [-0.3, -0.25) is 9.59 Å². The van der Waals surface area contributed by atoms with Crippen LogP contribution in [0.3, 0.4) is 0 Å². The van der Waals surface area contributed by atoms with Gasteiger partial charge in [0, 0.05) is 56.3 Å². The van der Waals surface area contributed by atoms with Crippen LogP contribution < -0.4 is 9.64 Å². The molecule has 5 nitrogen and oxygen atoms in total. The van der Waals surface area contributed by atoms with Gasteiger partial charge in [-0.15, -0.1) is 0 Å². The largest absolute Gasteiger partial charge is 0.486 e. The average molecular weight is 427 g/mol. The van der Waals surface area contributed by atoms with Crippen LogP contribution in [0.5, 0.6) is 5.75 Å². The zero-order chi connectivity index (χ0) is 21.6. The Morgan fingerprint density at radius 1 is 1.13 bits per heavy atom. The van der Waals surface area contributed by atoms with Crippen LogP contribution >= 0.6 is 11.6 Å². The van der Waals surface area contributed by atoms with Gasteiger partial charge in [-0.25, -0.2) is 0 Å². The molecule has 2 aromatic carbocycles. The van der Waals surface area contributed by atoms with E-state index < -0.39 is 5.60 Å². The number of ketones is 1. The Bertz CT molecular complexity index is 1010. The minimum absolute atomic E-state index is 0.0242. The maximum absolute atomic E-state index is 12.9. The molecule has 2 aliphatic rings. The molecule has 30 heavy (non-hydrogen) atoms. The standard InChI is InChI=1S/C24H27ClN2O3/c1-15-13-20-21(16(2)22(15)25)19(28)14-24(30-20)9-11-27(12-10-24)23(29)17-5-7-18(8-6-17)26(3)4/h5-8,13H,9-12,14H2,1-4H3. The fourth-order valence-electron chi connectivity index (χ4n) is 4.48. The molecule has 1 amide bonds. The second-order valence-electron chi connectivity index (χ2n) is 8.62. The first-order chi connectivity index (χ1) is 14.2. The van der Waals surface area contributed by atoms with Gasteiger partial charge >= 0.3 is 0 Å². The Morgan fingerprint density at radius 3 is 2.37 bits per heavy atom. The number of ether oxygens (including phenoxy) is 1. The van der Waals surface area contributed by atoms with Crippen LogP contribution in [0, 0.1) is 13.8 Å². The second-order valence-corrected chi connectivity index (χ2v) is 9.00. The number of carbonyl (C=O) groups excluding carboxylic acids is 2. The fourth-order valence-corrected chi connectivity index (χ4v) is 4.63. The number of rotatable bonds is 2. The molecule has 0 saturated carbocycles. The van der Waals surface area contributed by atoms with Gasteiger partial charge in [0.1, 0.15) is 11.4 Å². The van der Waals surface area contributed by atoms with Crippen molar-refractivity contribution < 1.29 is 14.3 Å². The molecule has 158 valence electrons. The van der Waals surface area contributed by atoms with Crippen molar-refractivity contribution in [2.45, 2.75) is 38.7 Å². The minimum Gasteiger partial charge on any atom is -0.486 e. The molecule has 1 saturated heterocycles. The highest BCUT2D eigenvalue weighted by atomic mass is 35.5. The smallest absolute Gasteiger partial charge is 0.253 e. The van der Waals surface area contributed by atoms with E-state index in [0.29, 0.717) is 54.3 Å². The molecule has 2 aromatic rings. The maximum Gasteiger partial charge on any atom is 0.253 e. The third-order valence-corrected chi connectivity index (χ3v) is 6.91. The van der Waals surface area contributed by atoms with Crippen LogP contribution in [0.1, 0.15) is 51.1 Å². The molecule has 0 atom stereocenters. The normalized spacial score (nSPS) is 17.5. The van der Waals surface area contributed by atoms with Crippen molar-refractivity contribution in [2.75, 3.05) is 32.1 Å². The Morgan fingerprint density at radius 2 is 1.77 bits per heavy atom. The Hall–Kier alpha value is -2.53. The van der Waals surface area contributed by atoms with Crippen LogP contribution in [0.2, 0.25) is 5.02 Å². The summed E-state index contributed by atoms with van der Waals surface area (Å²) in [4.78, 5) is 29.7. The summed E-state index contributed by atoms with van der Waals surface area (Å²) in [7, 11) is 3.95. The van der Waals surface area contributed by atoms with Crippen molar-refractivity contribution >= 4 is 29.0 Å². The van der Waals surface area contributed by atoms with Crippen molar-refractivity contribution in [1.29, 1.82) is 0 Å². The maximum atomic E-state index is 12.9. The number of likely N-dealkylation sites (tertiary alicyclic amines) is 1. The molecule has 0 aliphatic carbocycles. The van der Waals surface area contributed by atoms with Gasteiger partial charge in [0.25, 0.3) is 5.91 Å². The molecular formula is C24H27ClN2O3. The number of halogens is 1. The molecule has 1 spiro atoms. The number of hydrogen-bond acceptors (Lipinski definition) is 4. The molecule has 4 rings (SSSR count). The fraction of sp³-hybridized carbons (Fsp3) is 0.417. The number of hydrogen-bond donors (Lipinski definition) is 0. The highest BCUT2D eigenvalue weighted by Gasteiger charge is 2.44. The van der Waals surface area contributed by atoms with E-state index in [9.17, 15) is 9.59 Å². The van der Waals surface area contributed by atoms with Gasteiger partial charge in [0.05, 0.1) is 12.0 Å². The number of Topliss-reactive ketones (excluding diaryl/α,β-unsaturated/α-hetero) is 1. The molecule has 2 aliphatic heterocycles. The lowest BCUT2D eigenvalue weighted by Gasteiger charge is -2.44. The zero-order valence-corrected chi connectivity index (χ0v) is 18.7. The molecule has 6 heteroatoms. The summed E-state index contributed by atoms with van der Waals surface area (Å²) in [6.45, 7) is 4.94. The van der Waals surface area contributed by atoms with E-state index in [4.69, 9.17) is 16.3 Å². The lowest BCUT2D eigenvalue weighted by molar-refractivity contribution is -0.00580.